The van der Waals surface area contributed by atoms with E-state index in [9.17, 15) is 0 Å². The van der Waals surface area contributed by atoms with E-state index in [4.69, 9.17) is 5.73 Å². The van der Waals surface area contributed by atoms with Crippen molar-refractivity contribution in [1.29, 1.82) is 0 Å². The molecule has 6 nitrogen and oxygen atoms in total. The SMILES string of the molecule is NC1CCCN(c2n[nH]c(-c3ccc(Br)cn3)n2)C1. The average Bonchev–Trinajstić information content (AvgIpc) is 2.89. The van der Waals surface area contributed by atoms with Crippen molar-refractivity contribution in [1.82, 2.24) is 20.2 Å². The van der Waals surface area contributed by atoms with Crippen LogP contribution in [-0.4, -0.2) is 39.3 Å². The van der Waals surface area contributed by atoms with Gasteiger partial charge in [0.2, 0.25) is 5.95 Å². The highest BCUT2D eigenvalue weighted by Crippen LogP contribution is 2.19. The summed E-state index contributed by atoms with van der Waals surface area (Å²) >= 11 is 3.36. The molecule has 1 atom stereocenters. The summed E-state index contributed by atoms with van der Waals surface area (Å²) in [7, 11) is 0. The molecule has 0 saturated carbocycles. The molecule has 1 unspecified atom stereocenters. The van der Waals surface area contributed by atoms with Crippen molar-refractivity contribution < 1.29 is 0 Å². The van der Waals surface area contributed by atoms with E-state index in [1.807, 2.05) is 12.1 Å². The number of anilines is 1. The lowest BCUT2D eigenvalue weighted by Gasteiger charge is -2.29. The van der Waals surface area contributed by atoms with E-state index < -0.39 is 0 Å². The molecule has 0 aliphatic carbocycles. The van der Waals surface area contributed by atoms with Crippen molar-refractivity contribution in [2.45, 2.75) is 18.9 Å². The van der Waals surface area contributed by atoms with Crippen LogP contribution in [0.3, 0.4) is 0 Å². The van der Waals surface area contributed by atoms with E-state index in [1.165, 1.54) is 0 Å². The minimum absolute atomic E-state index is 0.210. The smallest absolute Gasteiger partial charge is 0.245 e. The maximum Gasteiger partial charge on any atom is 0.245 e. The van der Waals surface area contributed by atoms with Crippen molar-refractivity contribution in [3.8, 4) is 11.5 Å². The van der Waals surface area contributed by atoms with Crippen LogP contribution in [-0.2, 0) is 0 Å². The van der Waals surface area contributed by atoms with Crippen LogP contribution in [0.4, 0.5) is 5.95 Å². The topological polar surface area (TPSA) is 83.7 Å². The maximum atomic E-state index is 5.97. The second kappa shape index (κ2) is 5.26. The number of H-pyrrole nitrogens is 1. The van der Waals surface area contributed by atoms with E-state index in [0.717, 1.165) is 36.1 Å². The summed E-state index contributed by atoms with van der Waals surface area (Å²) in [6.45, 7) is 1.77. The van der Waals surface area contributed by atoms with Crippen molar-refractivity contribution >= 4 is 21.9 Å². The largest absolute Gasteiger partial charge is 0.338 e. The molecule has 19 heavy (non-hydrogen) atoms. The molecule has 1 fully saturated rings. The van der Waals surface area contributed by atoms with Crippen molar-refractivity contribution in [2.24, 2.45) is 5.73 Å². The molecule has 0 radical (unpaired) electrons. The van der Waals surface area contributed by atoms with Crippen LogP contribution in [0.25, 0.3) is 11.5 Å². The minimum Gasteiger partial charge on any atom is -0.338 e. The van der Waals surface area contributed by atoms with Crippen molar-refractivity contribution in [3.05, 3.63) is 22.8 Å². The number of aromatic amines is 1. The van der Waals surface area contributed by atoms with Gasteiger partial charge in [0.25, 0.3) is 0 Å². The lowest BCUT2D eigenvalue weighted by Crippen LogP contribution is -2.43. The van der Waals surface area contributed by atoms with E-state index in [0.29, 0.717) is 11.8 Å². The van der Waals surface area contributed by atoms with Crippen LogP contribution < -0.4 is 10.6 Å². The van der Waals surface area contributed by atoms with E-state index in [2.05, 4.69) is 41.0 Å². The van der Waals surface area contributed by atoms with Gasteiger partial charge in [-0.15, -0.1) is 5.10 Å². The molecule has 1 aliphatic rings. The van der Waals surface area contributed by atoms with Crippen molar-refractivity contribution in [3.63, 3.8) is 0 Å². The second-order valence-corrected chi connectivity index (χ2v) is 5.61. The molecular weight excluding hydrogens is 308 g/mol. The number of nitrogens with one attached hydrogen (secondary N) is 1. The van der Waals surface area contributed by atoms with Gasteiger partial charge in [-0.2, -0.15) is 4.98 Å². The van der Waals surface area contributed by atoms with Gasteiger partial charge in [-0.05, 0) is 40.9 Å². The maximum absolute atomic E-state index is 5.97. The fraction of sp³-hybridized carbons (Fsp3) is 0.417. The Morgan fingerprint density at radius 1 is 1.42 bits per heavy atom. The average molecular weight is 323 g/mol. The molecule has 1 aliphatic heterocycles. The predicted molar refractivity (Wildman–Crippen MR) is 76.7 cm³/mol. The number of halogens is 1. The fourth-order valence-electron chi connectivity index (χ4n) is 2.22. The van der Waals surface area contributed by atoms with Crippen LogP contribution >= 0.6 is 15.9 Å². The van der Waals surface area contributed by atoms with Gasteiger partial charge in [-0.1, -0.05) is 0 Å². The number of aromatic nitrogens is 4. The third kappa shape index (κ3) is 2.76. The molecule has 0 spiro atoms. The summed E-state index contributed by atoms with van der Waals surface area (Å²) in [6, 6.07) is 4.04. The monoisotopic (exact) mass is 322 g/mol. The first-order valence-electron chi connectivity index (χ1n) is 6.27. The molecule has 0 bridgehead atoms. The van der Waals surface area contributed by atoms with Gasteiger partial charge < -0.3 is 10.6 Å². The number of nitrogens with zero attached hydrogens (tertiary/aromatic N) is 4. The first-order chi connectivity index (χ1) is 9.22. The van der Waals surface area contributed by atoms with Gasteiger partial charge in [0, 0.05) is 29.8 Å². The van der Waals surface area contributed by atoms with E-state index in [-0.39, 0.29) is 6.04 Å². The molecule has 0 amide bonds. The Kier molecular flexibility index (Phi) is 3.48. The number of hydrogen-bond donors (Lipinski definition) is 2. The molecule has 100 valence electrons. The van der Waals surface area contributed by atoms with E-state index in [1.54, 1.807) is 6.20 Å². The van der Waals surface area contributed by atoms with Crippen LogP contribution in [0.5, 0.6) is 0 Å². The minimum atomic E-state index is 0.210. The highest BCUT2D eigenvalue weighted by Gasteiger charge is 2.20. The molecule has 3 heterocycles. The molecule has 1 saturated heterocycles. The summed E-state index contributed by atoms with van der Waals surface area (Å²) in [5.41, 5.74) is 6.75. The molecule has 7 heteroatoms. The second-order valence-electron chi connectivity index (χ2n) is 4.69. The molecule has 3 rings (SSSR count). The summed E-state index contributed by atoms with van der Waals surface area (Å²) in [5.74, 6) is 1.39. The van der Waals surface area contributed by atoms with Gasteiger partial charge >= 0.3 is 0 Å². The molecule has 0 aromatic carbocycles. The Labute approximate surface area is 119 Å². The highest BCUT2D eigenvalue weighted by atomic mass is 79.9. The fourth-order valence-corrected chi connectivity index (χ4v) is 2.45. The van der Waals surface area contributed by atoms with Gasteiger partial charge in [-0.25, -0.2) is 0 Å². The van der Waals surface area contributed by atoms with Gasteiger partial charge in [-0.3, -0.25) is 10.1 Å². The zero-order valence-electron chi connectivity index (χ0n) is 10.4. The number of rotatable bonds is 2. The lowest BCUT2D eigenvalue weighted by atomic mass is 10.1. The van der Waals surface area contributed by atoms with Crippen LogP contribution in [0.15, 0.2) is 22.8 Å². The quantitative estimate of drug-likeness (QED) is 0.876. The molecule has 2 aromatic heterocycles. The Bertz CT molecular complexity index is 552. The Balaban J connectivity index is 1.81. The Hall–Kier alpha value is -1.47. The van der Waals surface area contributed by atoms with Crippen LogP contribution in [0, 0.1) is 0 Å². The Morgan fingerprint density at radius 3 is 3.05 bits per heavy atom. The van der Waals surface area contributed by atoms with Gasteiger partial charge in [0.05, 0.1) is 0 Å². The van der Waals surface area contributed by atoms with Gasteiger partial charge in [0.1, 0.15) is 5.69 Å². The highest BCUT2D eigenvalue weighted by molar-refractivity contribution is 9.10. The zero-order chi connectivity index (χ0) is 13.2. The third-order valence-electron chi connectivity index (χ3n) is 3.18. The van der Waals surface area contributed by atoms with Crippen LogP contribution in [0.1, 0.15) is 12.8 Å². The van der Waals surface area contributed by atoms with Crippen LogP contribution in [0.2, 0.25) is 0 Å². The Morgan fingerprint density at radius 2 is 2.32 bits per heavy atom. The summed E-state index contributed by atoms with van der Waals surface area (Å²) in [6.07, 6.45) is 3.90. The predicted octanol–water partition coefficient (Wildman–Crippen LogP) is 1.56. The zero-order valence-corrected chi connectivity index (χ0v) is 12.0. The number of hydrogen-bond acceptors (Lipinski definition) is 5. The first kappa shape index (κ1) is 12.6. The summed E-state index contributed by atoms with van der Waals surface area (Å²) in [5, 5.41) is 7.19. The van der Waals surface area contributed by atoms with E-state index >= 15 is 0 Å². The first-order valence-corrected chi connectivity index (χ1v) is 7.06. The number of piperidine rings is 1. The standard InChI is InChI=1S/C12H15BrN6/c13-8-3-4-10(15-6-8)11-16-12(18-17-11)19-5-1-2-9(14)7-19/h3-4,6,9H,1-2,5,7,14H2,(H,16,17,18). The molecule has 2 aromatic rings. The third-order valence-corrected chi connectivity index (χ3v) is 3.65. The molecule has 3 N–H and O–H groups in total. The normalized spacial score (nSPS) is 19.7. The van der Waals surface area contributed by atoms with Crippen molar-refractivity contribution in [2.75, 3.05) is 18.0 Å². The summed E-state index contributed by atoms with van der Waals surface area (Å²) < 4.78 is 0.943. The van der Waals surface area contributed by atoms with Gasteiger partial charge in [0.15, 0.2) is 5.82 Å². The molecular formula is C12H15BrN6. The number of nitrogens with two attached hydrogens (primary N) is 1. The lowest BCUT2D eigenvalue weighted by molar-refractivity contribution is 0.500. The summed E-state index contributed by atoms with van der Waals surface area (Å²) in [4.78, 5) is 10.9. The number of pyridine rings is 1.